The molecular formula is C14H14FNO2. The third-order valence-corrected chi connectivity index (χ3v) is 3.97. The van der Waals surface area contributed by atoms with Crippen molar-refractivity contribution in [2.45, 2.75) is 25.0 Å². The van der Waals surface area contributed by atoms with Crippen molar-refractivity contribution < 1.29 is 13.9 Å². The van der Waals surface area contributed by atoms with Crippen LogP contribution >= 0.6 is 0 Å². The summed E-state index contributed by atoms with van der Waals surface area (Å²) in [6.45, 7) is 1.34. The molecule has 1 spiro atoms. The number of hydrogen-bond donors (Lipinski definition) is 1. The summed E-state index contributed by atoms with van der Waals surface area (Å²) in [6.07, 6.45) is 2.46. The van der Waals surface area contributed by atoms with Gasteiger partial charge in [-0.3, -0.25) is 0 Å². The highest BCUT2D eigenvalue weighted by molar-refractivity contribution is 5.85. The Kier molecular flexibility index (Phi) is 2.08. The van der Waals surface area contributed by atoms with Crippen LogP contribution in [0.1, 0.15) is 17.7 Å². The molecule has 1 aromatic heterocycles. The summed E-state index contributed by atoms with van der Waals surface area (Å²) in [7, 11) is 0. The van der Waals surface area contributed by atoms with Gasteiger partial charge in [0, 0.05) is 29.4 Å². The molecule has 0 unspecified atom stereocenters. The van der Waals surface area contributed by atoms with Gasteiger partial charge in [-0.15, -0.1) is 0 Å². The number of aromatic amines is 1. The van der Waals surface area contributed by atoms with Crippen molar-refractivity contribution in [3.05, 3.63) is 35.3 Å². The van der Waals surface area contributed by atoms with Gasteiger partial charge >= 0.3 is 0 Å². The maximum absolute atomic E-state index is 13.3. The summed E-state index contributed by atoms with van der Waals surface area (Å²) < 4.78 is 24.8. The van der Waals surface area contributed by atoms with Crippen molar-refractivity contribution in [2.75, 3.05) is 13.2 Å². The first-order chi connectivity index (χ1) is 8.76. The molecule has 0 radical (unpaired) electrons. The van der Waals surface area contributed by atoms with Crippen LogP contribution in [0, 0.1) is 5.82 Å². The standard InChI is InChI=1S/C14H14FNO2/c15-9-1-2-12-11(7-9)10-3-4-14(8-13(10)16-12)17-5-6-18-14/h1-2,7,16H,3-6,8H2. The van der Waals surface area contributed by atoms with E-state index in [0.29, 0.717) is 13.2 Å². The Morgan fingerprint density at radius 2 is 2.06 bits per heavy atom. The van der Waals surface area contributed by atoms with Crippen molar-refractivity contribution in [3.63, 3.8) is 0 Å². The van der Waals surface area contributed by atoms with Gasteiger partial charge in [-0.05, 0) is 30.2 Å². The molecular weight excluding hydrogens is 233 g/mol. The second-order valence-electron chi connectivity index (χ2n) is 5.06. The first-order valence-electron chi connectivity index (χ1n) is 6.33. The average Bonchev–Trinajstić information content (AvgIpc) is 2.94. The van der Waals surface area contributed by atoms with Gasteiger partial charge in [0.25, 0.3) is 0 Å². The van der Waals surface area contributed by atoms with E-state index in [-0.39, 0.29) is 5.82 Å². The number of benzene rings is 1. The van der Waals surface area contributed by atoms with Gasteiger partial charge in [0.15, 0.2) is 5.79 Å². The molecule has 0 amide bonds. The van der Waals surface area contributed by atoms with E-state index in [9.17, 15) is 4.39 Å². The molecule has 1 saturated heterocycles. The zero-order chi connectivity index (χ0) is 12.2. The highest BCUT2D eigenvalue weighted by atomic mass is 19.1. The fourth-order valence-electron chi connectivity index (χ4n) is 3.13. The van der Waals surface area contributed by atoms with Crippen LogP contribution in [0.2, 0.25) is 0 Å². The lowest BCUT2D eigenvalue weighted by Crippen LogP contribution is -2.36. The monoisotopic (exact) mass is 247 g/mol. The zero-order valence-corrected chi connectivity index (χ0v) is 9.96. The van der Waals surface area contributed by atoms with Crippen molar-refractivity contribution in [2.24, 2.45) is 0 Å². The van der Waals surface area contributed by atoms with Gasteiger partial charge in [-0.1, -0.05) is 0 Å². The van der Waals surface area contributed by atoms with Crippen molar-refractivity contribution in [3.8, 4) is 0 Å². The van der Waals surface area contributed by atoms with E-state index >= 15 is 0 Å². The van der Waals surface area contributed by atoms with Crippen molar-refractivity contribution in [1.82, 2.24) is 4.98 Å². The summed E-state index contributed by atoms with van der Waals surface area (Å²) in [5, 5.41) is 0.998. The van der Waals surface area contributed by atoms with Crippen LogP contribution in [-0.2, 0) is 22.3 Å². The summed E-state index contributed by atoms with van der Waals surface area (Å²) in [4.78, 5) is 3.37. The minimum atomic E-state index is -0.438. The lowest BCUT2D eigenvalue weighted by Gasteiger charge is -2.31. The predicted octanol–water partition coefficient (Wildman–Crippen LogP) is 2.54. The van der Waals surface area contributed by atoms with E-state index in [4.69, 9.17) is 9.47 Å². The Balaban J connectivity index is 1.83. The lowest BCUT2D eigenvalue weighted by atomic mass is 9.91. The maximum atomic E-state index is 13.3. The number of nitrogens with one attached hydrogen (secondary N) is 1. The van der Waals surface area contributed by atoms with Crippen LogP contribution < -0.4 is 0 Å². The quantitative estimate of drug-likeness (QED) is 0.776. The topological polar surface area (TPSA) is 34.2 Å². The molecule has 18 heavy (non-hydrogen) atoms. The molecule has 4 rings (SSSR count). The first kappa shape index (κ1) is 10.5. The van der Waals surface area contributed by atoms with E-state index in [1.807, 2.05) is 0 Å². The van der Waals surface area contributed by atoms with E-state index in [0.717, 1.165) is 35.9 Å². The smallest absolute Gasteiger partial charge is 0.174 e. The SMILES string of the molecule is Fc1ccc2[nH]c3c(c2c1)CCC1(C3)OCCO1. The van der Waals surface area contributed by atoms with Crippen LogP contribution in [0.3, 0.4) is 0 Å². The number of rotatable bonds is 0. The summed E-state index contributed by atoms with van der Waals surface area (Å²) in [5.74, 6) is -0.621. The second kappa shape index (κ2) is 3.56. The third-order valence-electron chi connectivity index (χ3n) is 3.97. The number of hydrogen-bond acceptors (Lipinski definition) is 2. The highest BCUT2D eigenvalue weighted by Crippen LogP contribution is 2.38. The Morgan fingerprint density at radius 1 is 1.22 bits per heavy atom. The number of fused-ring (bicyclic) bond motifs is 3. The number of ether oxygens (including phenoxy) is 2. The van der Waals surface area contributed by atoms with Crippen LogP contribution in [-0.4, -0.2) is 24.0 Å². The predicted molar refractivity (Wildman–Crippen MR) is 64.9 cm³/mol. The van der Waals surface area contributed by atoms with E-state index < -0.39 is 5.79 Å². The Morgan fingerprint density at radius 3 is 2.89 bits per heavy atom. The van der Waals surface area contributed by atoms with Gasteiger partial charge in [0.1, 0.15) is 5.82 Å². The van der Waals surface area contributed by atoms with Gasteiger partial charge < -0.3 is 14.5 Å². The molecule has 0 bridgehead atoms. The molecule has 0 saturated carbocycles. The lowest BCUT2D eigenvalue weighted by molar-refractivity contribution is -0.164. The summed E-state index contributed by atoms with van der Waals surface area (Å²) in [6, 6.07) is 4.90. The molecule has 94 valence electrons. The number of H-pyrrole nitrogens is 1. The van der Waals surface area contributed by atoms with Crippen LogP contribution in [0.25, 0.3) is 10.9 Å². The second-order valence-corrected chi connectivity index (χ2v) is 5.06. The molecule has 1 N–H and O–H groups in total. The van der Waals surface area contributed by atoms with Crippen molar-refractivity contribution >= 4 is 10.9 Å². The van der Waals surface area contributed by atoms with E-state index in [2.05, 4.69) is 4.98 Å². The van der Waals surface area contributed by atoms with Crippen LogP contribution in [0.5, 0.6) is 0 Å². The fourth-order valence-corrected chi connectivity index (χ4v) is 3.13. The summed E-state index contributed by atoms with van der Waals surface area (Å²) >= 11 is 0. The minimum Gasteiger partial charge on any atom is -0.358 e. The van der Waals surface area contributed by atoms with E-state index in [1.54, 1.807) is 12.1 Å². The average molecular weight is 247 g/mol. The normalized spacial score (nSPS) is 21.6. The first-order valence-corrected chi connectivity index (χ1v) is 6.33. The molecule has 1 aliphatic carbocycles. The Labute approximate surface area is 104 Å². The molecule has 1 aromatic carbocycles. The molecule has 2 heterocycles. The Bertz CT molecular complexity index is 614. The molecule has 1 fully saturated rings. The van der Waals surface area contributed by atoms with Crippen molar-refractivity contribution in [1.29, 1.82) is 0 Å². The van der Waals surface area contributed by atoms with Gasteiger partial charge in [-0.2, -0.15) is 0 Å². The minimum absolute atomic E-state index is 0.182. The molecule has 0 atom stereocenters. The van der Waals surface area contributed by atoms with Gasteiger partial charge in [0.2, 0.25) is 0 Å². The molecule has 2 aromatic rings. The maximum Gasteiger partial charge on any atom is 0.174 e. The van der Waals surface area contributed by atoms with Crippen LogP contribution in [0.15, 0.2) is 18.2 Å². The van der Waals surface area contributed by atoms with E-state index in [1.165, 1.54) is 11.6 Å². The third kappa shape index (κ3) is 1.42. The number of halogens is 1. The molecule has 3 nitrogen and oxygen atoms in total. The number of aromatic nitrogens is 1. The zero-order valence-electron chi connectivity index (χ0n) is 9.96. The highest BCUT2D eigenvalue weighted by Gasteiger charge is 2.40. The molecule has 1 aliphatic heterocycles. The largest absolute Gasteiger partial charge is 0.358 e. The van der Waals surface area contributed by atoms with Crippen LogP contribution in [0.4, 0.5) is 4.39 Å². The van der Waals surface area contributed by atoms with Gasteiger partial charge in [0.05, 0.1) is 13.2 Å². The summed E-state index contributed by atoms with van der Waals surface area (Å²) in [5.41, 5.74) is 3.34. The molecule has 4 heteroatoms. The number of aryl methyl sites for hydroxylation is 1. The Hall–Kier alpha value is -1.39. The van der Waals surface area contributed by atoms with Gasteiger partial charge in [-0.25, -0.2) is 4.39 Å². The molecule has 2 aliphatic rings. The fraction of sp³-hybridized carbons (Fsp3) is 0.429.